The summed E-state index contributed by atoms with van der Waals surface area (Å²) in [4.78, 5) is 130. The fourth-order valence-corrected chi connectivity index (χ4v) is 10.2. The summed E-state index contributed by atoms with van der Waals surface area (Å²) in [6, 6.07) is -0.796. The van der Waals surface area contributed by atoms with Gasteiger partial charge in [0, 0.05) is 74.1 Å². The summed E-state index contributed by atoms with van der Waals surface area (Å²) in [6.45, 7) is 4.17. The van der Waals surface area contributed by atoms with E-state index in [1.165, 1.54) is 52.3 Å². The molecule has 0 amide bonds. The molecule has 0 saturated carbocycles. The van der Waals surface area contributed by atoms with E-state index in [0.717, 1.165) is 61.6 Å². The van der Waals surface area contributed by atoms with Crippen molar-refractivity contribution in [3.05, 3.63) is 167 Å². The van der Waals surface area contributed by atoms with Crippen LogP contribution in [0.1, 0.15) is 97.3 Å². The Balaban J connectivity index is 0.000000372. The predicted molar refractivity (Wildman–Crippen MR) is 384 cm³/mol. The number of rotatable bonds is 35. The molecule has 8 aromatic rings. The van der Waals surface area contributed by atoms with Crippen LogP contribution < -0.4 is 0 Å². The van der Waals surface area contributed by atoms with Crippen LogP contribution in [0.15, 0.2) is 49.6 Å². The lowest BCUT2D eigenvalue weighted by molar-refractivity contribution is -0.394. The Kier molecular flexibility index (Phi) is 40.3. The molecule has 6 N–H and O–H groups in total. The maximum Gasteiger partial charge on any atom is 0.453 e. The highest BCUT2D eigenvalue weighted by molar-refractivity contribution is 5.79. The van der Waals surface area contributed by atoms with E-state index >= 15 is 0 Å². The molecule has 1 saturated heterocycles. The standard InChI is InChI=1S/C10H10F5N3O3.C10H13FN6O3.C9H10F3N3O3.C9H12FN3O5.C9H12FN3O3.C8H12FN3O4.C7H10FN3O3/c1-6-16-4-8(18(20)21)17(6)5-7(19)2-3-9(11,12)10(13,14)15;1-7-12-3-10(17(19)20)15(7)4-8-5-16(14-13-8)9(2-11)6-18;1-6-13-4-8(15(17)18)14(6)5-7(16)2-3-9(10,11)12;1-4-11-3-6(13(16)17)12(4)9-8(15)7(14)5(2-10)18-9;1-7-11-5-9(13(15)16)12(7)6-8(14)3-2-4-10;1-5-10-3-8(12(15)16)11(5)4-7(14)6(13)2-9;1-5-9-3-7(11(13)14)10(5)4-6(12)2-8/h4H,2-3,5H2,1H3;3,5,9,18H,2,4,6H2,1H3;4H,2-3,5H2,1H3;3,5,7-9,14-15H,2H2,1H3;5H,2-4,6H2,1H3;3,6-7,13-14H,2,4H2,1H3;3,6,12H,2,4H2,1H3. The van der Waals surface area contributed by atoms with Gasteiger partial charge < -0.3 is 106 Å². The Morgan fingerprint density at radius 3 is 1.18 bits per heavy atom. The second-order valence-electron chi connectivity index (χ2n) is 25.6. The zero-order valence-corrected chi connectivity index (χ0v) is 65.1. The fourth-order valence-electron chi connectivity index (χ4n) is 10.2. The third-order valence-corrected chi connectivity index (χ3v) is 16.8. The third kappa shape index (κ3) is 30.7. The van der Waals surface area contributed by atoms with Crippen LogP contribution in [0, 0.1) is 119 Å². The first-order valence-corrected chi connectivity index (χ1v) is 34.9. The number of Topliss-reactive ketones (excluding diaryl/α,β-unsaturated/α-hetero) is 3. The number of aliphatic hydroxyl groups is 6. The molecule has 8 aromatic heterocycles. The number of halogens is 13. The van der Waals surface area contributed by atoms with Crippen molar-refractivity contribution in [1.82, 2.24) is 81.9 Å². The summed E-state index contributed by atoms with van der Waals surface area (Å²) >= 11 is 0. The van der Waals surface area contributed by atoms with Crippen molar-refractivity contribution in [3.8, 4) is 0 Å². The van der Waals surface area contributed by atoms with Crippen molar-refractivity contribution in [2.24, 2.45) is 0 Å². The first-order chi connectivity index (χ1) is 57.3. The Morgan fingerprint density at radius 1 is 0.472 bits per heavy atom. The van der Waals surface area contributed by atoms with Crippen LogP contribution in [-0.2, 0) is 58.4 Å². The van der Waals surface area contributed by atoms with E-state index < -0.39 is 204 Å². The van der Waals surface area contributed by atoms with Gasteiger partial charge >= 0.3 is 59.0 Å². The predicted octanol–water partition coefficient (Wildman–Crippen LogP) is 6.23. The van der Waals surface area contributed by atoms with Gasteiger partial charge in [-0.1, -0.05) is 5.21 Å². The quantitative estimate of drug-likeness (QED) is 0.0146. The van der Waals surface area contributed by atoms with Gasteiger partial charge in [-0.05, 0) is 40.9 Å². The molecule has 61 heteroatoms. The first-order valence-electron chi connectivity index (χ1n) is 34.9. The van der Waals surface area contributed by atoms with Gasteiger partial charge in [0.1, 0.15) is 138 Å². The molecule has 0 bridgehead atoms. The molecule has 123 heavy (non-hydrogen) atoms. The molecule has 9 rings (SSSR count). The van der Waals surface area contributed by atoms with E-state index in [4.69, 9.17) is 20.1 Å². The van der Waals surface area contributed by atoms with Crippen LogP contribution in [0.4, 0.5) is 97.8 Å². The number of ketones is 3. The molecular weight excluding hydrogens is 1710 g/mol. The summed E-state index contributed by atoms with van der Waals surface area (Å²) in [5, 5.41) is 138. The molecule has 1 aliphatic rings. The summed E-state index contributed by atoms with van der Waals surface area (Å²) in [5.74, 6) is -7.07. The fraction of sp³-hybridized carbons (Fsp3) is 0.581. The third-order valence-electron chi connectivity index (χ3n) is 16.8. The van der Waals surface area contributed by atoms with Crippen molar-refractivity contribution >= 4 is 58.1 Å². The van der Waals surface area contributed by atoms with E-state index in [9.17, 15) is 158 Å². The Hall–Kier alpha value is -12.8. The number of carbonyl (C=O) groups excluding carboxylic acids is 3. The van der Waals surface area contributed by atoms with Gasteiger partial charge in [-0.25, -0.2) is 84.5 Å². The molecule has 0 spiro atoms. The molecule has 9 heterocycles. The zero-order valence-electron chi connectivity index (χ0n) is 65.1. The van der Waals surface area contributed by atoms with Gasteiger partial charge in [0.15, 0.2) is 77.8 Å². The number of carbonyl (C=O) groups is 3. The second kappa shape index (κ2) is 47.4. The van der Waals surface area contributed by atoms with Crippen LogP contribution in [0.25, 0.3) is 0 Å². The van der Waals surface area contributed by atoms with Gasteiger partial charge in [0.2, 0.25) is 6.23 Å². The summed E-state index contributed by atoms with van der Waals surface area (Å²) in [6.07, 6.45) is -15.4. The second-order valence-corrected chi connectivity index (χ2v) is 25.6. The highest BCUT2D eigenvalue weighted by atomic mass is 19.4. The highest BCUT2D eigenvalue weighted by Gasteiger charge is 2.57. The minimum absolute atomic E-state index is 0.0811. The minimum atomic E-state index is -5.73. The monoisotopic (exact) mass is 1790 g/mol. The SMILES string of the molecule is Cc1ncc([N+](=O)[O-])n1C1OC(CF)C(O)C1O.Cc1ncc([N+](=O)[O-])n1CC(=O)CCC(F)(F)C(F)(F)F.Cc1ncc([N+](=O)[O-])n1CC(=O)CCC(F)(F)F.Cc1ncc([N+](=O)[O-])n1CC(=O)CCCF.Cc1ncc([N+](=O)[O-])n1CC(O)C(O)CF.Cc1ncc([N+](=O)[O-])n1CC(O)CF.Cc1ncc([N+](=O)[O-])n1Cc1cn(C(CO)CF)nn1. The average Bonchev–Trinajstić information content (AvgIpc) is 1.63. The Morgan fingerprint density at radius 2 is 0.829 bits per heavy atom. The summed E-state index contributed by atoms with van der Waals surface area (Å²) in [5.41, 5.74) is 0.418. The molecule has 8 atom stereocenters. The topological polar surface area (TPSA) is 639 Å². The lowest BCUT2D eigenvalue weighted by atomic mass is 10.1. The number of nitro groups is 7. The maximum absolute atomic E-state index is 12.7. The number of alkyl halides is 13. The number of imidazole rings is 7. The lowest BCUT2D eigenvalue weighted by Crippen LogP contribution is -2.36. The first kappa shape index (κ1) is 104. The highest BCUT2D eigenvalue weighted by Crippen LogP contribution is 2.39. The number of hydrogen-bond acceptors (Lipinski definition) is 33. The van der Waals surface area contributed by atoms with Gasteiger partial charge in [0.05, 0.1) is 25.9 Å². The molecule has 1 aliphatic heterocycles. The average molecular weight is 1790 g/mol. The van der Waals surface area contributed by atoms with Crippen molar-refractivity contribution in [2.45, 2.75) is 193 Å². The number of aliphatic hydroxyl groups excluding tert-OH is 6. The van der Waals surface area contributed by atoms with E-state index in [1.807, 2.05) is 0 Å². The van der Waals surface area contributed by atoms with Crippen LogP contribution in [-0.4, -0.2) is 259 Å². The Labute approximate surface area is 679 Å². The molecule has 1 fully saturated rings. The zero-order chi connectivity index (χ0) is 93.6. The number of hydrogen-bond donors (Lipinski definition) is 6. The molecular formula is C62H79F13N24O24. The van der Waals surface area contributed by atoms with Crippen LogP contribution in [0.5, 0.6) is 0 Å². The minimum Gasteiger partial charge on any atom is -0.394 e. The smallest absolute Gasteiger partial charge is 0.394 e. The van der Waals surface area contributed by atoms with Gasteiger partial charge in [-0.2, -0.15) is 39.7 Å². The van der Waals surface area contributed by atoms with Crippen molar-refractivity contribution in [3.63, 3.8) is 0 Å². The molecule has 0 radical (unpaired) electrons. The van der Waals surface area contributed by atoms with E-state index in [2.05, 4.69) is 45.2 Å². The van der Waals surface area contributed by atoms with Gasteiger partial charge in [-0.15, -0.1) is 5.10 Å². The van der Waals surface area contributed by atoms with Crippen molar-refractivity contribution in [2.75, 3.05) is 40.0 Å². The van der Waals surface area contributed by atoms with Crippen molar-refractivity contribution in [1.29, 1.82) is 0 Å². The van der Waals surface area contributed by atoms with Crippen molar-refractivity contribution < 1.29 is 141 Å². The summed E-state index contributed by atoms with van der Waals surface area (Å²) < 4.78 is 172. The summed E-state index contributed by atoms with van der Waals surface area (Å²) in [7, 11) is 0. The van der Waals surface area contributed by atoms with Crippen LogP contribution in [0.3, 0.4) is 0 Å². The molecule has 0 aliphatic carbocycles. The van der Waals surface area contributed by atoms with E-state index in [0.29, 0.717) is 29.0 Å². The molecule has 0 aromatic carbocycles. The molecule has 8 unspecified atom stereocenters. The number of ether oxygens (including phenoxy) is 1. The maximum atomic E-state index is 12.7. The van der Waals surface area contributed by atoms with E-state index in [1.54, 1.807) is 20.8 Å². The van der Waals surface area contributed by atoms with Crippen LogP contribution in [0.2, 0.25) is 0 Å². The largest absolute Gasteiger partial charge is 0.453 e. The number of nitrogens with zero attached hydrogens (tertiary/aromatic N) is 24. The number of aromatic nitrogens is 17. The lowest BCUT2D eigenvalue weighted by Gasteiger charge is -2.18. The van der Waals surface area contributed by atoms with Gasteiger partial charge in [0.25, 0.3) is 0 Å². The Bertz CT molecular complexity index is 4870. The number of aryl methyl sites for hydroxylation is 7. The normalized spacial score (nSPS) is 15.2. The van der Waals surface area contributed by atoms with Gasteiger partial charge in [-0.3, -0.25) is 18.8 Å². The molecule has 48 nitrogen and oxygen atoms in total. The molecule has 682 valence electrons. The van der Waals surface area contributed by atoms with Crippen LogP contribution >= 0.6 is 0 Å². The van der Waals surface area contributed by atoms with E-state index in [-0.39, 0.29) is 91.4 Å².